The summed E-state index contributed by atoms with van der Waals surface area (Å²) in [6.07, 6.45) is 1.07. The van der Waals surface area contributed by atoms with Crippen LogP contribution in [0.15, 0.2) is 65.1 Å². The summed E-state index contributed by atoms with van der Waals surface area (Å²) < 4.78 is 7.93. The molecule has 4 aromatic rings. The maximum Gasteiger partial charge on any atom is 0.221 e. The number of hydrogen-bond acceptors (Lipinski definition) is 3. The molecule has 1 amide bonds. The first-order valence-electron chi connectivity index (χ1n) is 9.85. The van der Waals surface area contributed by atoms with Gasteiger partial charge in [0.15, 0.2) is 0 Å². The van der Waals surface area contributed by atoms with Gasteiger partial charge in [0.2, 0.25) is 5.91 Å². The van der Waals surface area contributed by atoms with E-state index >= 15 is 0 Å². The van der Waals surface area contributed by atoms with Gasteiger partial charge < -0.3 is 9.73 Å². The summed E-state index contributed by atoms with van der Waals surface area (Å²) in [6.45, 7) is 4.02. The number of carbonyl (C=O) groups excluding carboxylic acids is 1. The predicted molar refractivity (Wildman–Crippen MR) is 114 cm³/mol. The number of aromatic nitrogens is 2. The highest BCUT2D eigenvalue weighted by Gasteiger charge is 2.21. The van der Waals surface area contributed by atoms with Crippen molar-refractivity contribution in [2.24, 2.45) is 7.05 Å². The Labute approximate surface area is 170 Å². The van der Waals surface area contributed by atoms with E-state index in [0.29, 0.717) is 12.8 Å². The molecule has 0 aliphatic heterocycles. The van der Waals surface area contributed by atoms with Crippen molar-refractivity contribution in [3.05, 3.63) is 88.9 Å². The van der Waals surface area contributed by atoms with Crippen molar-refractivity contribution in [2.75, 3.05) is 0 Å². The lowest BCUT2D eigenvalue weighted by atomic mass is 10.0. The Bertz CT molecular complexity index is 1110. The molecule has 0 saturated heterocycles. The Kier molecular flexibility index (Phi) is 5.21. The van der Waals surface area contributed by atoms with Crippen molar-refractivity contribution in [3.63, 3.8) is 0 Å². The SMILES string of the molecule is Cc1nn(C)c(C)c1CCC(=O)NC(c1ccccc1)c1cc2ccccc2o1. The van der Waals surface area contributed by atoms with E-state index in [1.165, 1.54) is 0 Å². The topological polar surface area (TPSA) is 60.1 Å². The lowest BCUT2D eigenvalue weighted by Gasteiger charge is -2.17. The van der Waals surface area contributed by atoms with Crippen LogP contribution in [0.25, 0.3) is 11.0 Å². The van der Waals surface area contributed by atoms with E-state index in [1.54, 1.807) is 0 Å². The van der Waals surface area contributed by atoms with Gasteiger partial charge in [-0.05, 0) is 43.5 Å². The van der Waals surface area contributed by atoms with Gasteiger partial charge in [0.25, 0.3) is 0 Å². The van der Waals surface area contributed by atoms with E-state index in [4.69, 9.17) is 4.42 Å². The third-order valence-electron chi connectivity index (χ3n) is 5.43. The number of amides is 1. The van der Waals surface area contributed by atoms with Gasteiger partial charge in [-0.2, -0.15) is 5.10 Å². The second-order valence-corrected chi connectivity index (χ2v) is 7.37. The van der Waals surface area contributed by atoms with Crippen LogP contribution in [0.1, 0.15) is 40.7 Å². The lowest BCUT2D eigenvalue weighted by molar-refractivity contribution is -0.121. The van der Waals surface area contributed by atoms with Crippen molar-refractivity contribution in [2.45, 2.75) is 32.7 Å². The van der Waals surface area contributed by atoms with Crippen molar-refractivity contribution < 1.29 is 9.21 Å². The summed E-state index contributed by atoms with van der Waals surface area (Å²) in [4.78, 5) is 12.8. The van der Waals surface area contributed by atoms with Crippen LogP contribution in [-0.4, -0.2) is 15.7 Å². The molecule has 29 heavy (non-hydrogen) atoms. The minimum absolute atomic E-state index is 0.0121. The van der Waals surface area contributed by atoms with Crippen LogP contribution < -0.4 is 5.32 Å². The fraction of sp³-hybridized carbons (Fsp3) is 0.250. The first-order valence-corrected chi connectivity index (χ1v) is 9.85. The number of furan rings is 1. The molecule has 2 aromatic heterocycles. The molecule has 2 aromatic carbocycles. The maximum absolute atomic E-state index is 12.8. The Morgan fingerprint density at radius 2 is 1.83 bits per heavy atom. The van der Waals surface area contributed by atoms with Crippen LogP contribution >= 0.6 is 0 Å². The highest BCUT2D eigenvalue weighted by Crippen LogP contribution is 2.28. The molecule has 0 aliphatic rings. The van der Waals surface area contributed by atoms with Crippen LogP contribution in [-0.2, 0) is 18.3 Å². The van der Waals surface area contributed by atoms with Crippen LogP contribution in [0, 0.1) is 13.8 Å². The molecule has 148 valence electrons. The van der Waals surface area contributed by atoms with Gasteiger partial charge in [0.1, 0.15) is 17.4 Å². The molecule has 0 fully saturated rings. The van der Waals surface area contributed by atoms with E-state index in [1.807, 2.05) is 86.2 Å². The molecular formula is C24H25N3O2. The second kappa shape index (κ2) is 7.95. The van der Waals surface area contributed by atoms with Gasteiger partial charge >= 0.3 is 0 Å². The molecule has 0 aliphatic carbocycles. The molecule has 1 N–H and O–H groups in total. The fourth-order valence-corrected chi connectivity index (χ4v) is 3.76. The number of nitrogens with one attached hydrogen (secondary N) is 1. The van der Waals surface area contributed by atoms with Crippen molar-refractivity contribution in [1.82, 2.24) is 15.1 Å². The van der Waals surface area contributed by atoms with E-state index in [9.17, 15) is 4.79 Å². The van der Waals surface area contributed by atoms with Crippen LogP contribution in [0.5, 0.6) is 0 Å². The number of benzene rings is 2. The largest absolute Gasteiger partial charge is 0.459 e. The zero-order valence-corrected chi connectivity index (χ0v) is 17.0. The van der Waals surface area contributed by atoms with E-state index in [0.717, 1.165) is 39.2 Å². The molecule has 0 saturated carbocycles. The Morgan fingerprint density at radius 1 is 1.10 bits per heavy atom. The highest BCUT2D eigenvalue weighted by atomic mass is 16.3. The number of hydrogen-bond donors (Lipinski definition) is 1. The minimum Gasteiger partial charge on any atom is -0.459 e. The third-order valence-corrected chi connectivity index (χ3v) is 5.43. The van der Waals surface area contributed by atoms with E-state index in [-0.39, 0.29) is 11.9 Å². The van der Waals surface area contributed by atoms with Gasteiger partial charge in [-0.25, -0.2) is 0 Å². The molecule has 5 nitrogen and oxygen atoms in total. The van der Waals surface area contributed by atoms with Crippen LogP contribution in [0.3, 0.4) is 0 Å². The number of rotatable bonds is 6. The van der Waals surface area contributed by atoms with Crippen molar-refractivity contribution in [3.8, 4) is 0 Å². The first-order chi connectivity index (χ1) is 14.0. The molecule has 4 rings (SSSR count). The number of para-hydroxylation sites is 1. The average Bonchev–Trinajstić information content (AvgIpc) is 3.26. The number of carbonyl (C=O) groups is 1. The molecular weight excluding hydrogens is 362 g/mol. The van der Waals surface area contributed by atoms with Crippen molar-refractivity contribution >= 4 is 16.9 Å². The third kappa shape index (κ3) is 3.94. The summed E-state index contributed by atoms with van der Waals surface area (Å²) in [5.41, 5.74) is 5.04. The maximum atomic E-state index is 12.8. The predicted octanol–water partition coefficient (Wildman–Crippen LogP) is 4.62. The normalized spacial score (nSPS) is 12.2. The molecule has 2 heterocycles. The monoisotopic (exact) mass is 387 g/mol. The standard InChI is InChI=1S/C24H25N3O2/c1-16-20(17(2)27(3)26-16)13-14-23(28)25-24(18-9-5-4-6-10-18)22-15-19-11-7-8-12-21(19)29-22/h4-12,15,24H,13-14H2,1-3H3,(H,25,28). The van der Waals surface area contributed by atoms with Crippen LogP contribution in [0.2, 0.25) is 0 Å². The van der Waals surface area contributed by atoms with Gasteiger partial charge in [-0.1, -0.05) is 48.5 Å². The molecule has 1 unspecified atom stereocenters. The smallest absolute Gasteiger partial charge is 0.221 e. The van der Waals surface area contributed by atoms with E-state index in [2.05, 4.69) is 10.4 Å². The minimum atomic E-state index is -0.327. The summed E-state index contributed by atoms with van der Waals surface area (Å²) >= 11 is 0. The molecule has 5 heteroatoms. The van der Waals surface area contributed by atoms with Crippen molar-refractivity contribution in [1.29, 1.82) is 0 Å². The van der Waals surface area contributed by atoms with Gasteiger partial charge in [0, 0.05) is 24.5 Å². The van der Waals surface area contributed by atoms with Crippen LogP contribution in [0.4, 0.5) is 0 Å². The number of aryl methyl sites for hydroxylation is 2. The number of fused-ring (bicyclic) bond motifs is 1. The Hall–Kier alpha value is -3.34. The van der Waals surface area contributed by atoms with Gasteiger partial charge in [-0.3, -0.25) is 9.48 Å². The fourth-order valence-electron chi connectivity index (χ4n) is 3.76. The quantitative estimate of drug-likeness (QED) is 0.525. The zero-order chi connectivity index (χ0) is 20.4. The lowest BCUT2D eigenvalue weighted by Crippen LogP contribution is -2.29. The molecule has 0 radical (unpaired) electrons. The molecule has 1 atom stereocenters. The highest BCUT2D eigenvalue weighted by molar-refractivity contribution is 5.80. The summed E-state index contributed by atoms with van der Waals surface area (Å²) in [7, 11) is 1.93. The molecule has 0 bridgehead atoms. The van der Waals surface area contributed by atoms with Gasteiger partial charge in [-0.15, -0.1) is 0 Å². The Morgan fingerprint density at radius 3 is 2.52 bits per heavy atom. The second-order valence-electron chi connectivity index (χ2n) is 7.37. The zero-order valence-electron chi connectivity index (χ0n) is 17.0. The summed E-state index contributed by atoms with van der Waals surface area (Å²) in [6, 6.07) is 19.5. The van der Waals surface area contributed by atoms with E-state index < -0.39 is 0 Å². The van der Waals surface area contributed by atoms with Gasteiger partial charge in [0.05, 0.1) is 5.69 Å². The number of nitrogens with zero attached hydrogens (tertiary/aromatic N) is 2. The first kappa shape index (κ1) is 19.0. The summed E-state index contributed by atoms with van der Waals surface area (Å²) in [5.74, 6) is 0.724. The summed E-state index contributed by atoms with van der Waals surface area (Å²) in [5, 5.41) is 8.63. The average molecular weight is 387 g/mol. The Balaban J connectivity index is 1.56. The molecule has 0 spiro atoms.